The zero-order valence-electron chi connectivity index (χ0n) is 9.29. The minimum absolute atomic E-state index is 0.582. The highest BCUT2D eigenvalue weighted by atomic mass is 32.1. The molecular formula is C12H10N2O3S. The van der Waals surface area contributed by atoms with Crippen molar-refractivity contribution in [2.24, 2.45) is 5.10 Å². The maximum absolute atomic E-state index is 11.0. The van der Waals surface area contributed by atoms with Gasteiger partial charge in [0.05, 0.1) is 6.21 Å². The molecule has 0 spiro atoms. The quantitative estimate of drug-likeness (QED) is 0.501. The maximum atomic E-state index is 11.0. The number of carbonyl (C=O) groups excluding carboxylic acids is 1. The molecule has 0 aliphatic carbocycles. The van der Waals surface area contributed by atoms with Gasteiger partial charge in [-0.15, -0.1) is 11.3 Å². The van der Waals surface area contributed by atoms with E-state index < -0.39 is 18.3 Å². The Hall–Kier alpha value is -2.21. The summed E-state index contributed by atoms with van der Waals surface area (Å²) in [6, 6.07) is 7.84. The molecule has 0 bridgehead atoms. The lowest BCUT2D eigenvalue weighted by atomic mass is 10.2. The summed E-state index contributed by atoms with van der Waals surface area (Å²) in [5.41, 5.74) is 3.07. The molecular weight excluding hydrogens is 252 g/mol. The predicted octanol–water partition coefficient (Wildman–Crippen LogP) is 1.83. The summed E-state index contributed by atoms with van der Waals surface area (Å²) in [4.78, 5) is 21.3. The SMILES string of the molecule is O=C(O)CC(=O)N/N=C/c1csc2ccccc12. The Labute approximate surface area is 107 Å². The van der Waals surface area contributed by atoms with Gasteiger partial charge in [0.15, 0.2) is 0 Å². The van der Waals surface area contributed by atoms with Crippen LogP contribution in [-0.4, -0.2) is 23.2 Å². The standard InChI is InChI=1S/C12H10N2O3S/c15-11(5-12(16)17)14-13-6-8-7-18-10-4-2-1-3-9(8)10/h1-4,6-7H,5H2,(H,14,15)(H,16,17)/b13-6+. The van der Waals surface area contributed by atoms with E-state index in [1.165, 1.54) is 6.21 Å². The number of carbonyl (C=O) groups is 2. The van der Waals surface area contributed by atoms with Gasteiger partial charge in [0.1, 0.15) is 6.42 Å². The highest BCUT2D eigenvalue weighted by molar-refractivity contribution is 7.17. The van der Waals surface area contributed by atoms with Gasteiger partial charge in [-0.3, -0.25) is 9.59 Å². The number of thiophene rings is 1. The molecule has 18 heavy (non-hydrogen) atoms. The largest absolute Gasteiger partial charge is 0.481 e. The molecule has 1 aromatic heterocycles. The van der Waals surface area contributed by atoms with E-state index in [2.05, 4.69) is 10.5 Å². The number of benzene rings is 1. The van der Waals surface area contributed by atoms with Crippen molar-refractivity contribution in [2.75, 3.05) is 0 Å². The second kappa shape index (κ2) is 5.42. The Morgan fingerprint density at radius 1 is 1.39 bits per heavy atom. The number of aliphatic carboxylic acids is 1. The average molecular weight is 262 g/mol. The Morgan fingerprint density at radius 3 is 2.94 bits per heavy atom. The van der Waals surface area contributed by atoms with Gasteiger partial charge in [-0.1, -0.05) is 18.2 Å². The van der Waals surface area contributed by atoms with Gasteiger partial charge >= 0.3 is 5.97 Å². The molecule has 0 atom stereocenters. The summed E-state index contributed by atoms with van der Waals surface area (Å²) in [5.74, 6) is -1.82. The summed E-state index contributed by atoms with van der Waals surface area (Å²) in [7, 11) is 0. The zero-order chi connectivity index (χ0) is 13.0. The second-order valence-electron chi connectivity index (χ2n) is 3.55. The molecule has 0 saturated carbocycles. The second-order valence-corrected chi connectivity index (χ2v) is 4.46. The summed E-state index contributed by atoms with van der Waals surface area (Å²) < 4.78 is 1.14. The van der Waals surface area contributed by atoms with Crippen LogP contribution in [0.2, 0.25) is 0 Å². The highest BCUT2D eigenvalue weighted by Gasteiger charge is 2.05. The van der Waals surface area contributed by atoms with Crippen molar-refractivity contribution < 1.29 is 14.7 Å². The fourth-order valence-corrected chi connectivity index (χ4v) is 2.36. The van der Waals surface area contributed by atoms with Crippen molar-refractivity contribution in [3.05, 3.63) is 35.2 Å². The molecule has 0 unspecified atom stereocenters. The Kier molecular flexibility index (Phi) is 3.69. The third kappa shape index (κ3) is 2.92. The number of nitrogens with one attached hydrogen (secondary N) is 1. The number of hydrogen-bond acceptors (Lipinski definition) is 4. The molecule has 92 valence electrons. The molecule has 6 heteroatoms. The molecule has 2 aromatic rings. The lowest BCUT2D eigenvalue weighted by Gasteiger charge is -1.95. The summed E-state index contributed by atoms with van der Waals surface area (Å²) in [5, 5.41) is 15.1. The van der Waals surface area contributed by atoms with Crippen LogP contribution < -0.4 is 5.43 Å². The topological polar surface area (TPSA) is 78.8 Å². The molecule has 0 radical (unpaired) electrons. The van der Waals surface area contributed by atoms with E-state index in [0.717, 1.165) is 15.6 Å². The first-order valence-electron chi connectivity index (χ1n) is 5.17. The monoisotopic (exact) mass is 262 g/mol. The number of fused-ring (bicyclic) bond motifs is 1. The number of nitrogens with zero attached hydrogens (tertiary/aromatic N) is 1. The van der Waals surface area contributed by atoms with E-state index in [0.29, 0.717) is 0 Å². The number of carboxylic acids is 1. The van der Waals surface area contributed by atoms with Crippen LogP contribution in [0, 0.1) is 0 Å². The molecule has 2 N–H and O–H groups in total. The first kappa shape index (κ1) is 12.3. The van der Waals surface area contributed by atoms with E-state index in [4.69, 9.17) is 5.11 Å². The molecule has 1 aromatic carbocycles. The van der Waals surface area contributed by atoms with Crippen LogP contribution in [0.3, 0.4) is 0 Å². The van der Waals surface area contributed by atoms with Gasteiger partial charge in [0.2, 0.25) is 0 Å². The van der Waals surface area contributed by atoms with Gasteiger partial charge in [-0.05, 0) is 6.07 Å². The van der Waals surface area contributed by atoms with E-state index in [9.17, 15) is 9.59 Å². The smallest absolute Gasteiger partial charge is 0.312 e. The van der Waals surface area contributed by atoms with Crippen LogP contribution in [-0.2, 0) is 9.59 Å². The van der Waals surface area contributed by atoms with Crippen molar-refractivity contribution in [1.82, 2.24) is 5.43 Å². The van der Waals surface area contributed by atoms with Crippen LogP contribution in [0.4, 0.5) is 0 Å². The Morgan fingerprint density at radius 2 is 2.17 bits per heavy atom. The van der Waals surface area contributed by atoms with Crippen LogP contribution in [0.25, 0.3) is 10.1 Å². The minimum atomic E-state index is -1.18. The van der Waals surface area contributed by atoms with Crippen molar-refractivity contribution in [1.29, 1.82) is 0 Å². The van der Waals surface area contributed by atoms with Crippen molar-refractivity contribution in [3.63, 3.8) is 0 Å². The zero-order valence-corrected chi connectivity index (χ0v) is 10.1. The summed E-state index contributed by atoms with van der Waals surface area (Å²) >= 11 is 1.59. The molecule has 1 amide bonds. The predicted molar refractivity (Wildman–Crippen MR) is 69.8 cm³/mol. The van der Waals surface area contributed by atoms with Gasteiger partial charge in [0.25, 0.3) is 5.91 Å². The Balaban J connectivity index is 2.05. The normalized spacial score (nSPS) is 10.9. The van der Waals surface area contributed by atoms with E-state index in [-0.39, 0.29) is 0 Å². The first-order valence-corrected chi connectivity index (χ1v) is 6.04. The Bertz CT molecular complexity index is 619. The summed E-state index contributed by atoms with van der Waals surface area (Å²) in [6.07, 6.45) is 0.931. The molecule has 1 heterocycles. The maximum Gasteiger partial charge on any atom is 0.312 e. The van der Waals surface area contributed by atoms with Gasteiger partial charge in [0, 0.05) is 21.0 Å². The highest BCUT2D eigenvalue weighted by Crippen LogP contribution is 2.23. The lowest BCUT2D eigenvalue weighted by Crippen LogP contribution is -2.20. The molecule has 2 rings (SSSR count). The fraction of sp³-hybridized carbons (Fsp3) is 0.0833. The van der Waals surface area contributed by atoms with E-state index >= 15 is 0 Å². The third-order valence-electron chi connectivity index (χ3n) is 2.22. The van der Waals surface area contributed by atoms with Gasteiger partial charge in [-0.2, -0.15) is 5.10 Å². The number of rotatable bonds is 4. The number of amides is 1. The third-order valence-corrected chi connectivity index (χ3v) is 3.20. The van der Waals surface area contributed by atoms with Crippen LogP contribution in [0.5, 0.6) is 0 Å². The van der Waals surface area contributed by atoms with Crippen LogP contribution >= 0.6 is 11.3 Å². The molecule has 0 aliphatic rings. The fourth-order valence-electron chi connectivity index (χ4n) is 1.45. The summed E-state index contributed by atoms with van der Waals surface area (Å²) in [6.45, 7) is 0. The first-order chi connectivity index (χ1) is 8.66. The average Bonchev–Trinajstić information content (AvgIpc) is 2.72. The van der Waals surface area contributed by atoms with Crippen molar-refractivity contribution >= 4 is 39.5 Å². The van der Waals surface area contributed by atoms with Crippen molar-refractivity contribution in [3.8, 4) is 0 Å². The lowest BCUT2D eigenvalue weighted by molar-refractivity contribution is -0.140. The van der Waals surface area contributed by atoms with Crippen LogP contribution in [0.15, 0.2) is 34.7 Å². The molecule has 0 fully saturated rings. The number of carboxylic acid groups (broad SMARTS) is 1. The van der Waals surface area contributed by atoms with Gasteiger partial charge in [-0.25, -0.2) is 5.43 Å². The molecule has 5 nitrogen and oxygen atoms in total. The number of hydrazone groups is 1. The van der Waals surface area contributed by atoms with Crippen molar-refractivity contribution in [2.45, 2.75) is 6.42 Å². The van der Waals surface area contributed by atoms with Gasteiger partial charge < -0.3 is 5.11 Å². The molecule has 0 saturated heterocycles. The number of hydrogen-bond donors (Lipinski definition) is 2. The minimum Gasteiger partial charge on any atom is -0.481 e. The van der Waals surface area contributed by atoms with E-state index in [1.807, 2.05) is 29.6 Å². The van der Waals surface area contributed by atoms with Crippen LogP contribution in [0.1, 0.15) is 12.0 Å². The molecule has 0 aliphatic heterocycles. The van der Waals surface area contributed by atoms with E-state index in [1.54, 1.807) is 11.3 Å².